The van der Waals surface area contributed by atoms with Gasteiger partial charge < -0.3 is 15.4 Å². The van der Waals surface area contributed by atoms with Crippen molar-refractivity contribution in [1.29, 1.82) is 0 Å². The number of nitrogens with one attached hydrogen (secondary N) is 2. The fourth-order valence-electron chi connectivity index (χ4n) is 3.40. The first-order chi connectivity index (χ1) is 9.22. The fraction of sp³-hybridized carbons (Fsp3) is 0.667. The van der Waals surface area contributed by atoms with Gasteiger partial charge in [0.05, 0.1) is 6.10 Å². The Morgan fingerprint density at radius 2 is 1.95 bits per heavy atom. The second-order valence-electron chi connectivity index (χ2n) is 5.87. The van der Waals surface area contributed by atoms with Crippen molar-refractivity contribution in [1.82, 2.24) is 10.3 Å². The molecule has 0 amide bonds. The zero-order valence-corrected chi connectivity index (χ0v) is 11.2. The molecule has 1 atom stereocenters. The third-order valence-corrected chi connectivity index (χ3v) is 4.47. The molecule has 0 aliphatic heterocycles. The van der Waals surface area contributed by atoms with Gasteiger partial charge in [-0.25, -0.2) is 0 Å². The maximum Gasteiger partial charge on any atom is 0.248 e. The lowest BCUT2D eigenvalue weighted by Gasteiger charge is -2.33. The largest absolute Gasteiger partial charge is 0.393 e. The van der Waals surface area contributed by atoms with Gasteiger partial charge in [-0.05, 0) is 50.5 Å². The molecular formula is C15H22N2O2. The molecule has 0 saturated heterocycles. The molecule has 0 radical (unpaired) electrons. The van der Waals surface area contributed by atoms with Crippen LogP contribution in [0.1, 0.15) is 55.8 Å². The van der Waals surface area contributed by atoms with E-state index in [-0.39, 0.29) is 11.7 Å². The molecule has 1 unspecified atom stereocenters. The van der Waals surface area contributed by atoms with Crippen molar-refractivity contribution in [2.45, 2.75) is 63.1 Å². The molecule has 0 bridgehead atoms. The molecule has 1 saturated carbocycles. The summed E-state index contributed by atoms with van der Waals surface area (Å²) in [5.74, 6) is 0. The van der Waals surface area contributed by atoms with Gasteiger partial charge >= 0.3 is 0 Å². The molecule has 4 nitrogen and oxygen atoms in total. The Hall–Kier alpha value is -1.13. The Morgan fingerprint density at radius 1 is 1.16 bits per heavy atom. The average molecular weight is 262 g/mol. The number of hydrogen-bond donors (Lipinski definition) is 3. The molecular weight excluding hydrogens is 240 g/mol. The highest BCUT2D eigenvalue weighted by Crippen LogP contribution is 2.30. The van der Waals surface area contributed by atoms with Gasteiger partial charge in [-0.3, -0.25) is 4.79 Å². The predicted molar refractivity (Wildman–Crippen MR) is 74.1 cm³/mol. The lowest BCUT2D eigenvalue weighted by Crippen LogP contribution is -2.38. The van der Waals surface area contributed by atoms with Gasteiger partial charge in [0, 0.05) is 23.8 Å². The molecule has 3 N–H and O–H groups in total. The van der Waals surface area contributed by atoms with Crippen LogP contribution in [0.2, 0.25) is 0 Å². The first kappa shape index (κ1) is 12.9. The minimum Gasteiger partial charge on any atom is -0.393 e. The highest BCUT2D eigenvalue weighted by molar-refractivity contribution is 5.26. The molecule has 1 fully saturated rings. The van der Waals surface area contributed by atoms with Crippen molar-refractivity contribution in [2.75, 3.05) is 0 Å². The fourth-order valence-corrected chi connectivity index (χ4v) is 3.40. The van der Waals surface area contributed by atoms with Crippen molar-refractivity contribution in [2.24, 2.45) is 0 Å². The zero-order chi connectivity index (χ0) is 13.2. The summed E-state index contributed by atoms with van der Waals surface area (Å²) in [7, 11) is 0. The maximum absolute atomic E-state index is 11.4. The van der Waals surface area contributed by atoms with Gasteiger partial charge in [0.1, 0.15) is 0 Å². The summed E-state index contributed by atoms with van der Waals surface area (Å²) in [6, 6.07) is 4.47. The van der Waals surface area contributed by atoms with Gasteiger partial charge in [-0.1, -0.05) is 6.07 Å². The smallest absolute Gasteiger partial charge is 0.248 e. The average Bonchev–Trinajstić information content (AvgIpc) is 2.41. The van der Waals surface area contributed by atoms with Crippen LogP contribution in [0.25, 0.3) is 0 Å². The summed E-state index contributed by atoms with van der Waals surface area (Å²) >= 11 is 0. The summed E-state index contributed by atoms with van der Waals surface area (Å²) in [6.07, 6.45) is 7.05. The van der Waals surface area contributed by atoms with E-state index in [0.717, 1.165) is 50.6 Å². The van der Waals surface area contributed by atoms with Gasteiger partial charge in [-0.2, -0.15) is 0 Å². The quantitative estimate of drug-likeness (QED) is 0.759. The van der Waals surface area contributed by atoms with E-state index in [2.05, 4.69) is 10.3 Å². The van der Waals surface area contributed by atoms with Gasteiger partial charge in [0.2, 0.25) is 5.56 Å². The molecule has 2 aliphatic carbocycles. The molecule has 3 rings (SSSR count). The van der Waals surface area contributed by atoms with E-state index in [1.54, 1.807) is 6.07 Å². The van der Waals surface area contributed by atoms with Crippen LogP contribution < -0.4 is 10.9 Å². The van der Waals surface area contributed by atoms with E-state index < -0.39 is 0 Å². The second-order valence-corrected chi connectivity index (χ2v) is 5.87. The number of aryl methyl sites for hydroxylation is 1. The van der Waals surface area contributed by atoms with E-state index in [4.69, 9.17) is 0 Å². The molecule has 1 aromatic heterocycles. The van der Waals surface area contributed by atoms with Crippen LogP contribution in [0.4, 0.5) is 0 Å². The Balaban J connectivity index is 1.71. The summed E-state index contributed by atoms with van der Waals surface area (Å²) in [5.41, 5.74) is 2.37. The number of fused-ring (bicyclic) bond motifs is 1. The summed E-state index contributed by atoms with van der Waals surface area (Å²) in [5, 5.41) is 13.3. The van der Waals surface area contributed by atoms with E-state index >= 15 is 0 Å². The van der Waals surface area contributed by atoms with Crippen molar-refractivity contribution >= 4 is 0 Å². The number of aliphatic hydroxyl groups is 1. The van der Waals surface area contributed by atoms with E-state index in [0.29, 0.717) is 12.1 Å². The number of aromatic amines is 1. The highest BCUT2D eigenvalue weighted by atomic mass is 16.3. The number of H-pyrrole nitrogens is 1. The summed E-state index contributed by atoms with van der Waals surface area (Å²) in [4.78, 5) is 14.3. The number of rotatable bonds is 2. The topological polar surface area (TPSA) is 65.1 Å². The van der Waals surface area contributed by atoms with Crippen LogP contribution in [0.3, 0.4) is 0 Å². The number of hydrogen-bond acceptors (Lipinski definition) is 3. The summed E-state index contributed by atoms with van der Waals surface area (Å²) < 4.78 is 0. The zero-order valence-electron chi connectivity index (χ0n) is 11.2. The molecule has 0 spiro atoms. The van der Waals surface area contributed by atoms with E-state index in [9.17, 15) is 9.90 Å². The van der Waals surface area contributed by atoms with Crippen molar-refractivity contribution in [3.63, 3.8) is 0 Å². The van der Waals surface area contributed by atoms with Crippen LogP contribution in [0.5, 0.6) is 0 Å². The first-order valence-corrected chi connectivity index (χ1v) is 7.38. The first-order valence-electron chi connectivity index (χ1n) is 7.38. The molecule has 1 aromatic rings. The van der Waals surface area contributed by atoms with Crippen molar-refractivity contribution in [3.8, 4) is 0 Å². The Kier molecular flexibility index (Phi) is 3.71. The third kappa shape index (κ3) is 2.90. The van der Waals surface area contributed by atoms with Crippen LogP contribution in [-0.2, 0) is 6.42 Å². The van der Waals surface area contributed by atoms with E-state index in [1.165, 1.54) is 5.56 Å². The number of aromatic nitrogens is 1. The maximum atomic E-state index is 11.4. The number of pyridine rings is 1. The van der Waals surface area contributed by atoms with Crippen LogP contribution >= 0.6 is 0 Å². The normalized spacial score (nSPS) is 30.9. The molecule has 104 valence electrons. The Labute approximate surface area is 113 Å². The SMILES string of the molecule is O=c1ccc2c([nH]1)CCCC2NC1CCC(O)CC1. The Morgan fingerprint density at radius 3 is 2.74 bits per heavy atom. The minimum atomic E-state index is -0.104. The van der Waals surface area contributed by atoms with Crippen LogP contribution in [0.15, 0.2) is 16.9 Å². The third-order valence-electron chi connectivity index (χ3n) is 4.47. The standard InChI is InChI=1S/C15H22N2O2/c18-11-6-4-10(5-7-11)16-13-2-1-3-14-12(13)8-9-15(19)17-14/h8-11,13,16,18H,1-7H2,(H,17,19). The monoisotopic (exact) mass is 262 g/mol. The van der Waals surface area contributed by atoms with Crippen LogP contribution in [-0.4, -0.2) is 22.2 Å². The lowest BCUT2D eigenvalue weighted by atomic mass is 9.88. The van der Waals surface area contributed by atoms with Gasteiger partial charge in [0.15, 0.2) is 0 Å². The minimum absolute atomic E-state index is 0.000175. The van der Waals surface area contributed by atoms with Gasteiger partial charge in [0.25, 0.3) is 0 Å². The molecule has 19 heavy (non-hydrogen) atoms. The van der Waals surface area contributed by atoms with E-state index in [1.807, 2.05) is 6.07 Å². The Bertz CT molecular complexity index is 489. The highest BCUT2D eigenvalue weighted by Gasteiger charge is 2.25. The number of aliphatic hydroxyl groups excluding tert-OH is 1. The van der Waals surface area contributed by atoms with Crippen molar-refractivity contribution < 1.29 is 5.11 Å². The van der Waals surface area contributed by atoms with Crippen LogP contribution in [0, 0.1) is 0 Å². The molecule has 4 heteroatoms. The lowest BCUT2D eigenvalue weighted by molar-refractivity contribution is 0.113. The second kappa shape index (κ2) is 5.47. The molecule has 0 aromatic carbocycles. The molecule has 1 heterocycles. The van der Waals surface area contributed by atoms with Crippen molar-refractivity contribution in [3.05, 3.63) is 33.7 Å². The molecule has 2 aliphatic rings. The predicted octanol–water partition coefficient (Wildman–Crippen LogP) is 1.65. The summed E-state index contributed by atoms with van der Waals surface area (Å²) in [6.45, 7) is 0. The van der Waals surface area contributed by atoms with Gasteiger partial charge in [-0.15, -0.1) is 0 Å².